The Morgan fingerprint density at radius 2 is 1.96 bits per heavy atom. The number of aromatic hydroxyl groups is 1. The van der Waals surface area contributed by atoms with Crippen molar-refractivity contribution in [3.63, 3.8) is 0 Å². The number of amides is 1. The number of hydrogen-bond donors (Lipinski definition) is 2. The molecular weight excluding hydrogens is 374 g/mol. The molecule has 0 aliphatic heterocycles. The minimum absolute atomic E-state index is 0.124. The van der Waals surface area contributed by atoms with Crippen LogP contribution < -0.4 is 10.1 Å². The van der Waals surface area contributed by atoms with Crippen LogP contribution >= 0.6 is 11.6 Å². The van der Waals surface area contributed by atoms with E-state index in [4.69, 9.17) is 21.1 Å². The molecule has 0 aromatic heterocycles. The molecule has 0 unspecified atom stereocenters. The van der Waals surface area contributed by atoms with Gasteiger partial charge in [0, 0.05) is 18.0 Å². The third-order valence-corrected chi connectivity index (χ3v) is 5.77. The number of halogens is 1. The van der Waals surface area contributed by atoms with Gasteiger partial charge >= 0.3 is 5.97 Å². The lowest BCUT2D eigenvalue weighted by Crippen LogP contribution is -2.63. The Bertz CT molecular complexity index is 769. The summed E-state index contributed by atoms with van der Waals surface area (Å²) in [5.74, 6) is -0.784. The van der Waals surface area contributed by atoms with Crippen LogP contribution in [0.2, 0.25) is 5.02 Å². The Kier molecular flexibility index (Phi) is 5.33. The third-order valence-electron chi connectivity index (χ3n) is 5.45. The minimum Gasteiger partial charge on any atom is -0.506 e. The fourth-order valence-electron chi connectivity index (χ4n) is 3.91. The smallest absolute Gasteiger partial charge is 0.319 e. The van der Waals surface area contributed by atoms with Crippen LogP contribution in [0.25, 0.3) is 0 Å². The summed E-state index contributed by atoms with van der Waals surface area (Å²) in [4.78, 5) is 37.2. The number of nitrogens with one attached hydrogen (secondary N) is 1. The van der Waals surface area contributed by atoms with Crippen molar-refractivity contribution < 1.29 is 29.0 Å². The van der Waals surface area contributed by atoms with Crippen molar-refractivity contribution >= 4 is 29.3 Å². The van der Waals surface area contributed by atoms with E-state index in [1.807, 2.05) is 0 Å². The van der Waals surface area contributed by atoms with Crippen molar-refractivity contribution in [1.29, 1.82) is 0 Å². The maximum atomic E-state index is 12.6. The van der Waals surface area contributed by atoms with Crippen molar-refractivity contribution in [2.24, 2.45) is 5.41 Å². The minimum atomic E-state index is -1.04. The molecule has 2 bridgehead atoms. The molecule has 7 nitrogen and oxygen atoms in total. The van der Waals surface area contributed by atoms with E-state index >= 15 is 0 Å². The predicted octanol–water partition coefficient (Wildman–Crippen LogP) is 2.38. The van der Waals surface area contributed by atoms with Gasteiger partial charge in [0.05, 0.1) is 11.6 Å². The molecule has 3 saturated carbocycles. The maximum absolute atomic E-state index is 12.6. The van der Waals surface area contributed by atoms with Crippen molar-refractivity contribution in [3.8, 4) is 11.5 Å². The van der Waals surface area contributed by atoms with E-state index in [0.29, 0.717) is 31.4 Å². The summed E-state index contributed by atoms with van der Waals surface area (Å²) in [6, 6.07) is 4.34. The Morgan fingerprint density at radius 1 is 1.26 bits per heavy atom. The Morgan fingerprint density at radius 3 is 2.56 bits per heavy atom. The van der Waals surface area contributed by atoms with Crippen LogP contribution in [0.5, 0.6) is 11.5 Å². The third kappa shape index (κ3) is 3.74. The van der Waals surface area contributed by atoms with E-state index in [0.717, 1.165) is 0 Å². The standard InChI is InChI=1S/C19H22ClNO6/c1-2-26-17(25)19-7-5-18(6-8-19,10-15(19)23)21-16(24)11-27-12-3-4-13(20)14(22)9-12/h3-4,9,22H,2,5-8,10-11H2,1H3,(H,21,24). The van der Waals surface area contributed by atoms with Gasteiger partial charge in [-0.25, -0.2) is 0 Å². The summed E-state index contributed by atoms with van der Waals surface area (Å²) in [5, 5.41) is 12.7. The molecule has 8 heteroatoms. The van der Waals surface area contributed by atoms with Crippen molar-refractivity contribution in [2.45, 2.75) is 44.6 Å². The summed E-state index contributed by atoms with van der Waals surface area (Å²) >= 11 is 5.73. The summed E-state index contributed by atoms with van der Waals surface area (Å²) in [5.41, 5.74) is -1.67. The Balaban J connectivity index is 1.58. The monoisotopic (exact) mass is 395 g/mol. The summed E-state index contributed by atoms with van der Waals surface area (Å²) in [6.07, 6.45) is 1.99. The molecule has 3 fully saturated rings. The summed E-state index contributed by atoms with van der Waals surface area (Å²) in [6.45, 7) is 1.71. The quantitative estimate of drug-likeness (QED) is 0.566. The van der Waals surface area contributed by atoms with Crippen LogP contribution in [-0.2, 0) is 19.1 Å². The van der Waals surface area contributed by atoms with E-state index in [2.05, 4.69) is 5.32 Å². The second kappa shape index (κ2) is 7.38. The molecule has 146 valence electrons. The SMILES string of the molecule is CCOC(=O)C12CCC(NC(=O)COc3ccc(Cl)c(O)c3)(CC1)CC2=O. The van der Waals surface area contributed by atoms with E-state index in [1.54, 1.807) is 13.0 Å². The van der Waals surface area contributed by atoms with Gasteiger partial charge in [-0.1, -0.05) is 11.6 Å². The van der Waals surface area contributed by atoms with Crippen LogP contribution in [0.3, 0.4) is 0 Å². The van der Waals surface area contributed by atoms with Crippen molar-refractivity contribution in [1.82, 2.24) is 5.32 Å². The number of hydrogen-bond acceptors (Lipinski definition) is 6. The molecule has 0 atom stereocenters. The number of carbonyl (C=O) groups excluding carboxylic acids is 3. The van der Waals surface area contributed by atoms with Gasteiger partial charge < -0.3 is 19.9 Å². The van der Waals surface area contributed by atoms with Gasteiger partial charge in [0.1, 0.15) is 16.9 Å². The summed E-state index contributed by atoms with van der Waals surface area (Å²) < 4.78 is 10.5. The topological polar surface area (TPSA) is 102 Å². The number of benzene rings is 1. The highest BCUT2D eigenvalue weighted by atomic mass is 35.5. The zero-order valence-corrected chi connectivity index (χ0v) is 15.8. The number of ketones is 1. The number of esters is 1. The molecule has 3 aliphatic carbocycles. The molecular formula is C19H22ClNO6. The lowest BCUT2D eigenvalue weighted by Gasteiger charge is -2.50. The second-order valence-electron chi connectivity index (χ2n) is 7.13. The highest BCUT2D eigenvalue weighted by Crippen LogP contribution is 2.50. The number of phenolic OH excluding ortho intramolecular Hbond substituents is 1. The molecule has 0 saturated heterocycles. The predicted molar refractivity (Wildman–Crippen MR) is 96.6 cm³/mol. The second-order valence-corrected chi connectivity index (χ2v) is 7.54. The largest absolute Gasteiger partial charge is 0.506 e. The molecule has 27 heavy (non-hydrogen) atoms. The first-order chi connectivity index (χ1) is 12.8. The number of ether oxygens (including phenoxy) is 2. The van der Waals surface area contributed by atoms with Crippen molar-refractivity contribution in [3.05, 3.63) is 23.2 Å². The number of phenols is 1. The zero-order valence-electron chi connectivity index (χ0n) is 15.0. The number of carbonyl (C=O) groups is 3. The zero-order chi connectivity index (χ0) is 19.7. The Hall–Kier alpha value is -2.28. The van der Waals surface area contributed by atoms with Crippen LogP contribution in [0.15, 0.2) is 18.2 Å². The number of rotatable bonds is 6. The number of Topliss-reactive ketones (excluding diaryl/α,β-unsaturated/α-hetero) is 1. The molecule has 2 N–H and O–H groups in total. The van der Waals surface area contributed by atoms with Gasteiger partial charge in [0.25, 0.3) is 5.91 Å². The lowest BCUT2D eigenvalue weighted by molar-refractivity contribution is -0.169. The van der Waals surface area contributed by atoms with Gasteiger partial charge in [-0.15, -0.1) is 0 Å². The maximum Gasteiger partial charge on any atom is 0.319 e. The van der Waals surface area contributed by atoms with Gasteiger partial charge in [-0.05, 0) is 44.7 Å². The van der Waals surface area contributed by atoms with E-state index in [1.165, 1.54) is 12.1 Å². The summed E-state index contributed by atoms with van der Waals surface area (Å²) in [7, 11) is 0. The van der Waals surface area contributed by atoms with Gasteiger partial charge in [-0.3, -0.25) is 14.4 Å². The van der Waals surface area contributed by atoms with Gasteiger partial charge in [0.15, 0.2) is 12.4 Å². The van der Waals surface area contributed by atoms with Crippen LogP contribution in [-0.4, -0.2) is 41.5 Å². The fraction of sp³-hybridized carbons (Fsp3) is 0.526. The van der Waals surface area contributed by atoms with Gasteiger partial charge in [0.2, 0.25) is 0 Å². The molecule has 4 rings (SSSR count). The molecule has 0 radical (unpaired) electrons. The number of fused-ring (bicyclic) bond motifs is 3. The highest BCUT2D eigenvalue weighted by molar-refractivity contribution is 6.32. The van der Waals surface area contributed by atoms with E-state index in [9.17, 15) is 19.5 Å². The first-order valence-electron chi connectivity index (χ1n) is 8.93. The molecule has 3 aliphatic rings. The normalized spacial score (nSPS) is 26.5. The fourth-order valence-corrected chi connectivity index (χ4v) is 4.02. The van der Waals surface area contributed by atoms with Crippen LogP contribution in [0.4, 0.5) is 0 Å². The lowest BCUT2D eigenvalue weighted by atomic mass is 9.56. The highest BCUT2D eigenvalue weighted by Gasteiger charge is 2.59. The van der Waals surface area contributed by atoms with E-state index in [-0.39, 0.29) is 42.1 Å². The van der Waals surface area contributed by atoms with Crippen molar-refractivity contribution in [2.75, 3.05) is 13.2 Å². The van der Waals surface area contributed by atoms with Gasteiger partial charge in [-0.2, -0.15) is 0 Å². The first-order valence-corrected chi connectivity index (χ1v) is 9.31. The average Bonchev–Trinajstić information content (AvgIpc) is 2.63. The molecule has 1 aromatic rings. The van der Waals surface area contributed by atoms with Crippen LogP contribution in [0.1, 0.15) is 39.0 Å². The van der Waals surface area contributed by atoms with Crippen LogP contribution in [0, 0.1) is 5.41 Å². The van der Waals surface area contributed by atoms with E-state index < -0.39 is 16.9 Å². The molecule has 0 spiro atoms. The average molecular weight is 396 g/mol. The molecule has 0 heterocycles. The molecule has 1 aromatic carbocycles. The molecule has 1 amide bonds. The Labute approximate surface area is 162 Å². The first kappa shape index (κ1) is 19.5.